The fourth-order valence-corrected chi connectivity index (χ4v) is 4.57. The number of hydrogen-bond acceptors (Lipinski definition) is 4. The van der Waals surface area contributed by atoms with Crippen LogP contribution in [0.2, 0.25) is 0 Å². The van der Waals surface area contributed by atoms with Gasteiger partial charge in [-0.05, 0) is 43.5 Å². The zero-order chi connectivity index (χ0) is 21.6. The van der Waals surface area contributed by atoms with Crippen molar-refractivity contribution in [1.82, 2.24) is 19.6 Å². The van der Waals surface area contributed by atoms with Gasteiger partial charge in [-0.3, -0.25) is 5.41 Å². The first-order chi connectivity index (χ1) is 15.2. The Morgan fingerprint density at radius 3 is 2.77 bits per heavy atom. The zero-order valence-corrected chi connectivity index (χ0v) is 18.5. The molecule has 1 aliphatic heterocycles. The molecule has 7 heteroatoms. The third kappa shape index (κ3) is 4.92. The van der Waals surface area contributed by atoms with Crippen molar-refractivity contribution in [2.45, 2.75) is 77.3 Å². The first-order valence-corrected chi connectivity index (χ1v) is 11.7. The quantitative estimate of drug-likeness (QED) is 0.256. The SMILES string of the molecule is CCCCCCCCCn1ccc2cc(-c3noc(C4CCCN4C(=N)N)n3)ccc21. The molecular weight excluding hydrogens is 388 g/mol. The van der Waals surface area contributed by atoms with E-state index in [2.05, 4.69) is 52.1 Å². The maximum atomic E-state index is 7.74. The first-order valence-electron chi connectivity index (χ1n) is 11.7. The van der Waals surface area contributed by atoms with E-state index < -0.39 is 0 Å². The van der Waals surface area contributed by atoms with E-state index in [1.165, 1.54) is 55.8 Å². The van der Waals surface area contributed by atoms with Crippen molar-refractivity contribution in [2.24, 2.45) is 5.73 Å². The van der Waals surface area contributed by atoms with E-state index in [1.54, 1.807) is 0 Å². The molecule has 1 atom stereocenters. The Morgan fingerprint density at radius 2 is 1.97 bits per heavy atom. The number of hydrogen-bond donors (Lipinski definition) is 2. The predicted octanol–water partition coefficient (Wildman–Crippen LogP) is 5.47. The Kier molecular flexibility index (Phi) is 6.89. The van der Waals surface area contributed by atoms with Crippen LogP contribution in [0.5, 0.6) is 0 Å². The number of nitrogens with zero attached hydrogens (tertiary/aromatic N) is 4. The zero-order valence-electron chi connectivity index (χ0n) is 18.5. The van der Waals surface area contributed by atoms with Gasteiger partial charge in [-0.1, -0.05) is 50.6 Å². The van der Waals surface area contributed by atoms with E-state index in [0.717, 1.165) is 31.5 Å². The summed E-state index contributed by atoms with van der Waals surface area (Å²) in [6.45, 7) is 4.08. The van der Waals surface area contributed by atoms with E-state index in [9.17, 15) is 0 Å². The molecule has 3 N–H and O–H groups in total. The Bertz CT molecular complexity index is 1010. The van der Waals surface area contributed by atoms with Crippen LogP contribution in [0.15, 0.2) is 35.0 Å². The van der Waals surface area contributed by atoms with Crippen LogP contribution < -0.4 is 5.73 Å². The van der Waals surface area contributed by atoms with Gasteiger partial charge in [0.2, 0.25) is 11.7 Å². The normalized spacial score (nSPS) is 16.4. The number of benzene rings is 1. The van der Waals surface area contributed by atoms with Gasteiger partial charge < -0.3 is 19.7 Å². The summed E-state index contributed by atoms with van der Waals surface area (Å²) in [7, 11) is 0. The first kappa shape index (κ1) is 21.4. The topological polar surface area (TPSA) is 97.0 Å². The van der Waals surface area contributed by atoms with Crippen molar-refractivity contribution < 1.29 is 4.52 Å². The van der Waals surface area contributed by atoms with Gasteiger partial charge in [-0.2, -0.15) is 4.98 Å². The van der Waals surface area contributed by atoms with Crippen LogP contribution in [0.4, 0.5) is 0 Å². The molecule has 0 aliphatic carbocycles. The number of guanidine groups is 1. The summed E-state index contributed by atoms with van der Waals surface area (Å²) in [6, 6.07) is 8.41. The lowest BCUT2D eigenvalue weighted by atomic mass is 10.1. The summed E-state index contributed by atoms with van der Waals surface area (Å²) in [6.07, 6.45) is 13.3. The van der Waals surface area contributed by atoms with Gasteiger partial charge in [0.1, 0.15) is 6.04 Å². The van der Waals surface area contributed by atoms with Gasteiger partial charge in [-0.25, -0.2) is 0 Å². The van der Waals surface area contributed by atoms with Gasteiger partial charge >= 0.3 is 0 Å². The molecule has 166 valence electrons. The van der Waals surface area contributed by atoms with Crippen molar-refractivity contribution in [3.8, 4) is 11.4 Å². The standard InChI is InChI=1S/C24H34N6O/c1-2-3-4-5-6-7-8-14-29-16-13-18-17-19(11-12-20(18)29)22-27-23(31-28-22)21-10-9-15-30(21)24(25)26/h11-13,16-17,21H,2-10,14-15H2,1H3,(H3,25,26). The number of rotatable bonds is 10. The molecule has 3 aromatic rings. The van der Waals surface area contributed by atoms with Crippen molar-refractivity contribution in [3.05, 3.63) is 36.4 Å². The van der Waals surface area contributed by atoms with Crippen molar-refractivity contribution in [1.29, 1.82) is 5.41 Å². The minimum absolute atomic E-state index is 0.0611. The number of aromatic nitrogens is 3. The molecule has 1 aromatic carbocycles. The molecule has 31 heavy (non-hydrogen) atoms. The van der Waals surface area contributed by atoms with Crippen LogP contribution in [0.3, 0.4) is 0 Å². The maximum Gasteiger partial charge on any atom is 0.249 e. The Hall–Kier alpha value is -2.83. The second kappa shape index (κ2) is 9.98. The summed E-state index contributed by atoms with van der Waals surface area (Å²) in [5.74, 6) is 1.19. The van der Waals surface area contributed by atoms with Crippen molar-refractivity contribution >= 4 is 16.9 Å². The molecule has 0 saturated carbocycles. The van der Waals surface area contributed by atoms with E-state index in [-0.39, 0.29) is 12.0 Å². The molecule has 2 aromatic heterocycles. The van der Waals surface area contributed by atoms with Crippen LogP contribution in [0.25, 0.3) is 22.3 Å². The number of fused-ring (bicyclic) bond motifs is 1. The van der Waals surface area contributed by atoms with E-state index in [1.807, 2.05) is 4.90 Å². The molecule has 1 aliphatic rings. The Balaban J connectivity index is 1.39. The molecule has 1 unspecified atom stereocenters. The number of nitrogens with one attached hydrogen (secondary N) is 1. The maximum absolute atomic E-state index is 7.74. The molecule has 7 nitrogen and oxygen atoms in total. The average Bonchev–Trinajstić information content (AvgIpc) is 3.51. The lowest BCUT2D eigenvalue weighted by Gasteiger charge is -2.21. The molecule has 1 fully saturated rings. The third-order valence-electron chi connectivity index (χ3n) is 6.32. The van der Waals surface area contributed by atoms with Gasteiger partial charge in [0.05, 0.1) is 0 Å². The summed E-state index contributed by atoms with van der Waals surface area (Å²) in [4.78, 5) is 6.45. The van der Waals surface area contributed by atoms with Gasteiger partial charge in [0, 0.05) is 35.8 Å². The lowest BCUT2D eigenvalue weighted by molar-refractivity contribution is 0.283. The Morgan fingerprint density at radius 1 is 1.16 bits per heavy atom. The lowest BCUT2D eigenvalue weighted by Crippen LogP contribution is -2.35. The summed E-state index contributed by atoms with van der Waals surface area (Å²) < 4.78 is 7.88. The van der Waals surface area contributed by atoms with Crippen LogP contribution >= 0.6 is 0 Å². The highest BCUT2D eigenvalue weighted by Gasteiger charge is 2.31. The molecule has 0 bridgehead atoms. The highest BCUT2D eigenvalue weighted by atomic mass is 16.5. The molecule has 1 saturated heterocycles. The number of aryl methyl sites for hydroxylation is 1. The van der Waals surface area contributed by atoms with Crippen LogP contribution in [-0.4, -0.2) is 32.1 Å². The monoisotopic (exact) mass is 422 g/mol. The molecule has 3 heterocycles. The molecule has 4 rings (SSSR count). The molecule has 0 radical (unpaired) electrons. The number of likely N-dealkylation sites (tertiary alicyclic amines) is 1. The fourth-order valence-electron chi connectivity index (χ4n) is 4.57. The average molecular weight is 423 g/mol. The smallest absolute Gasteiger partial charge is 0.249 e. The van der Waals surface area contributed by atoms with Gasteiger partial charge in [-0.15, -0.1) is 0 Å². The second-order valence-corrected chi connectivity index (χ2v) is 8.60. The van der Waals surface area contributed by atoms with Crippen molar-refractivity contribution in [3.63, 3.8) is 0 Å². The highest BCUT2D eigenvalue weighted by Crippen LogP contribution is 2.32. The molecule has 0 spiro atoms. The van der Waals surface area contributed by atoms with Gasteiger partial charge in [0.25, 0.3) is 0 Å². The van der Waals surface area contributed by atoms with Crippen LogP contribution in [0.1, 0.15) is 76.6 Å². The molecule has 0 amide bonds. The minimum atomic E-state index is -0.0921. The summed E-state index contributed by atoms with van der Waals surface area (Å²) >= 11 is 0. The predicted molar refractivity (Wildman–Crippen MR) is 124 cm³/mol. The van der Waals surface area contributed by atoms with E-state index in [0.29, 0.717) is 11.7 Å². The number of unbranched alkanes of at least 4 members (excludes halogenated alkanes) is 6. The fraction of sp³-hybridized carbons (Fsp3) is 0.542. The minimum Gasteiger partial charge on any atom is -0.370 e. The van der Waals surface area contributed by atoms with Crippen LogP contribution in [-0.2, 0) is 6.54 Å². The Labute approximate surface area is 184 Å². The van der Waals surface area contributed by atoms with Crippen LogP contribution in [0, 0.1) is 5.41 Å². The largest absolute Gasteiger partial charge is 0.370 e. The summed E-state index contributed by atoms with van der Waals surface area (Å²) in [5.41, 5.74) is 7.89. The summed E-state index contributed by atoms with van der Waals surface area (Å²) in [5, 5.41) is 13.1. The van der Waals surface area contributed by atoms with E-state index in [4.69, 9.17) is 15.7 Å². The third-order valence-corrected chi connectivity index (χ3v) is 6.32. The molecular formula is C24H34N6O. The second-order valence-electron chi connectivity index (χ2n) is 8.60. The van der Waals surface area contributed by atoms with E-state index >= 15 is 0 Å². The van der Waals surface area contributed by atoms with Gasteiger partial charge in [0.15, 0.2) is 5.96 Å². The highest BCUT2D eigenvalue weighted by molar-refractivity contribution is 5.84. The number of nitrogens with two attached hydrogens (primary N) is 1. The van der Waals surface area contributed by atoms with Crippen molar-refractivity contribution in [2.75, 3.05) is 6.54 Å².